The van der Waals surface area contributed by atoms with Crippen LogP contribution in [0.25, 0.3) is 0 Å². The van der Waals surface area contributed by atoms with Crippen LogP contribution in [0.2, 0.25) is 0 Å². The Morgan fingerprint density at radius 1 is 1.16 bits per heavy atom. The third-order valence-corrected chi connectivity index (χ3v) is 4.14. The summed E-state index contributed by atoms with van der Waals surface area (Å²) in [6.45, 7) is 2.58. The van der Waals surface area contributed by atoms with Gasteiger partial charge in [0, 0.05) is 25.2 Å². The first kappa shape index (κ1) is 12.7. The van der Waals surface area contributed by atoms with Gasteiger partial charge in [0.15, 0.2) is 0 Å². The monoisotopic (exact) mass is 255 g/mol. The summed E-state index contributed by atoms with van der Waals surface area (Å²) in [7, 11) is 0. The van der Waals surface area contributed by atoms with Gasteiger partial charge >= 0.3 is 0 Å². The Morgan fingerprint density at radius 2 is 1.95 bits per heavy atom. The average molecular weight is 255 g/mol. The van der Waals surface area contributed by atoms with E-state index in [9.17, 15) is 0 Å². The Balaban J connectivity index is 1.70. The molecule has 2 atom stereocenters. The van der Waals surface area contributed by atoms with Crippen molar-refractivity contribution in [3.8, 4) is 6.07 Å². The first-order chi connectivity index (χ1) is 9.35. The lowest BCUT2D eigenvalue weighted by atomic mass is 9.88. The Hall–Kier alpha value is -1.37. The molecule has 1 N–H and O–H groups in total. The summed E-state index contributed by atoms with van der Waals surface area (Å²) in [5, 5.41) is 12.7. The fourth-order valence-electron chi connectivity index (χ4n) is 3.09. The average Bonchev–Trinajstić information content (AvgIpc) is 3.24. The van der Waals surface area contributed by atoms with Crippen LogP contribution < -0.4 is 5.32 Å². The van der Waals surface area contributed by atoms with Crippen LogP contribution in [-0.2, 0) is 0 Å². The molecule has 3 nitrogen and oxygen atoms in total. The van der Waals surface area contributed by atoms with Crippen molar-refractivity contribution in [2.24, 2.45) is 0 Å². The van der Waals surface area contributed by atoms with Gasteiger partial charge in [0.1, 0.15) is 0 Å². The van der Waals surface area contributed by atoms with E-state index in [4.69, 9.17) is 5.26 Å². The molecule has 1 heterocycles. The number of rotatable bonds is 4. The van der Waals surface area contributed by atoms with Crippen LogP contribution in [0, 0.1) is 11.3 Å². The minimum Gasteiger partial charge on any atom is -0.310 e. The molecule has 2 fully saturated rings. The van der Waals surface area contributed by atoms with Gasteiger partial charge in [0.05, 0.1) is 12.6 Å². The number of piperidine rings is 1. The molecule has 1 aromatic carbocycles. The van der Waals surface area contributed by atoms with Crippen molar-refractivity contribution in [3.05, 3.63) is 35.9 Å². The number of likely N-dealkylation sites (tertiary alicyclic amines) is 1. The highest BCUT2D eigenvalue weighted by atomic mass is 15.2. The second kappa shape index (κ2) is 5.73. The minimum absolute atomic E-state index is 0.541. The first-order valence-corrected chi connectivity index (χ1v) is 7.25. The molecule has 1 aromatic rings. The summed E-state index contributed by atoms with van der Waals surface area (Å²) < 4.78 is 0. The van der Waals surface area contributed by atoms with E-state index in [0.717, 1.165) is 19.1 Å². The lowest BCUT2D eigenvalue weighted by Crippen LogP contribution is -2.49. The quantitative estimate of drug-likeness (QED) is 0.838. The summed E-state index contributed by atoms with van der Waals surface area (Å²) in [5.41, 5.74) is 1.41. The van der Waals surface area contributed by atoms with E-state index < -0.39 is 0 Å². The molecule has 2 unspecified atom stereocenters. The van der Waals surface area contributed by atoms with Crippen molar-refractivity contribution in [2.45, 2.75) is 37.3 Å². The highest BCUT2D eigenvalue weighted by molar-refractivity contribution is 5.21. The molecule has 3 rings (SSSR count). The molecule has 2 aliphatic rings. The van der Waals surface area contributed by atoms with Crippen LogP contribution in [-0.4, -0.2) is 36.6 Å². The van der Waals surface area contributed by atoms with Gasteiger partial charge in [-0.05, 0) is 30.7 Å². The fraction of sp³-hybridized carbons (Fsp3) is 0.562. The standard InChI is InChI=1S/C16H21N3/c17-8-9-19-11-14(13-4-2-1-3-5-13)10-16(12-19)18-15-6-7-15/h1-5,14-16,18H,6-7,9-12H2. The van der Waals surface area contributed by atoms with E-state index in [1.807, 2.05) is 0 Å². The van der Waals surface area contributed by atoms with Crippen LogP contribution in [0.4, 0.5) is 0 Å². The maximum absolute atomic E-state index is 8.94. The number of nitriles is 1. The Kier molecular flexibility index (Phi) is 3.82. The normalized spacial score (nSPS) is 27.9. The van der Waals surface area contributed by atoms with Crippen LogP contribution in [0.15, 0.2) is 30.3 Å². The van der Waals surface area contributed by atoms with Gasteiger partial charge in [-0.2, -0.15) is 5.26 Å². The van der Waals surface area contributed by atoms with E-state index in [1.54, 1.807) is 0 Å². The van der Waals surface area contributed by atoms with Crippen molar-refractivity contribution in [1.82, 2.24) is 10.2 Å². The van der Waals surface area contributed by atoms with Crippen molar-refractivity contribution < 1.29 is 0 Å². The molecule has 1 saturated heterocycles. The topological polar surface area (TPSA) is 39.1 Å². The van der Waals surface area contributed by atoms with E-state index in [-0.39, 0.29) is 0 Å². The molecular formula is C16H21N3. The zero-order valence-electron chi connectivity index (χ0n) is 11.3. The lowest BCUT2D eigenvalue weighted by Gasteiger charge is -2.37. The molecule has 0 spiro atoms. The summed E-state index contributed by atoms with van der Waals surface area (Å²) in [6, 6.07) is 14.3. The van der Waals surface area contributed by atoms with Gasteiger partial charge in [-0.1, -0.05) is 30.3 Å². The predicted octanol–water partition coefficient (Wildman–Crippen LogP) is 2.12. The van der Waals surface area contributed by atoms with Gasteiger partial charge in [0.25, 0.3) is 0 Å². The molecule has 0 aromatic heterocycles. The minimum atomic E-state index is 0.541. The third kappa shape index (κ3) is 3.34. The molecule has 3 heteroatoms. The zero-order valence-corrected chi connectivity index (χ0v) is 11.3. The van der Waals surface area contributed by atoms with Crippen molar-refractivity contribution in [1.29, 1.82) is 5.26 Å². The molecule has 1 aliphatic heterocycles. The van der Waals surface area contributed by atoms with Crippen LogP contribution in [0.3, 0.4) is 0 Å². The summed E-state index contributed by atoms with van der Waals surface area (Å²) >= 11 is 0. The smallest absolute Gasteiger partial charge is 0.0866 e. The van der Waals surface area contributed by atoms with Crippen LogP contribution >= 0.6 is 0 Å². The number of hydrogen-bond acceptors (Lipinski definition) is 3. The molecule has 0 radical (unpaired) electrons. The maximum atomic E-state index is 8.94. The second-order valence-corrected chi connectivity index (χ2v) is 5.83. The van der Waals surface area contributed by atoms with Crippen molar-refractivity contribution in [3.63, 3.8) is 0 Å². The van der Waals surface area contributed by atoms with E-state index in [1.165, 1.54) is 24.8 Å². The molecule has 100 valence electrons. The molecule has 1 aliphatic carbocycles. The Morgan fingerprint density at radius 3 is 2.63 bits per heavy atom. The fourth-order valence-corrected chi connectivity index (χ4v) is 3.09. The predicted molar refractivity (Wildman–Crippen MR) is 75.8 cm³/mol. The van der Waals surface area contributed by atoms with Gasteiger partial charge in [-0.25, -0.2) is 0 Å². The van der Waals surface area contributed by atoms with Crippen molar-refractivity contribution in [2.75, 3.05) is 19.6 Å². The summed E-state index contributed by atoms with van der Waals surface area (Å²) in [5.74, 6) is 0.555. The zero-order chi connectivity index (χ0) is 13.1. The van der Waals surface area contributed by atoms with Crippen LogP contribution in [0.5, 0.6) is 0 Å². The highest BCUT2D eigenvalue weighted by Crippen LogP contribution is 2.29. The lowest BCUT2D eigenvalue weighted by molar-refractivity contribution is 0.187. The largest absolute Gasteiger partial charge is 0.310 e. The number of hydrogen-bond donors (Lipinski definition) is 1. The first-order valence-electron chi connectivity index (χ1n) is 7.25. The third-order valence-electron chi connectivity index (χ3n) is 4.14. The van der Waals surface area contributed by atoms with E-state index in [0.29, 0.717) is 18.5 Å². The van der Waals surface area contributed by atoms with E-state index in [2.05, 4.69) is 46.6 Å². The molecule has 19 heavy (non-hydrogen) atoms. The van der Waals surface area contributed by atoms with Crippen LogP contribution in [0.1, 0.15) is 30.7 Å². The number of nitrogens with one attached hydrogen (secondary N) is 1. The van der Waals surface area contributed by atoms with Gasteiger partial charge in [0.2, 0.25) is 0 Å². The maximum Gasteiger partial charge on any atom is 0.0866 e. The highest BCUT2D eigenvalue weighted by Gasteiger charge is 2.31. The molecule has 0 amide bonds. The Bertz CT molecular complexity index is 447. The van der Waals surface area contributed by atoms with Gasteiger partial charge in [-0.15, -0.1) is 0 Å². The molecular weight excluding hydrogens is 234 g/mol. The SMILES string of the molecule is N#CCN1CC(NC2CC2)CC(c2ccccc2)C1. The number of benzene rings is 1. The number of nitrogens with zero attached hydrogens (tertiary/aromatic N) is 2. The van der Waals surface area contributed by atoms with Gasteiger partial charge < -0.3 is 5.32 Å². The molecule has 1 saturated carbocycles. The second-order valence-electron chi connectivity index (χ2n) is 5.83. The molecule has 0 bridgehead atoms. The summed E-state index contributed by atoms with van der Waals surface area (Å²) in [6.07, 6.45) is 3.85. The van der Waals surface area contributed by atoms with Crippen molar-refractivity contribution >= 4 is 0 Å². The Labute approximate surface area is 115 Å². The van der Waals surface area contributed by atoms with E-state index >= 15 is 0 Å². The van der Waals surface area contributed by atoms with Gasteiger partial charge in [-0.3, -0.25) is 4.90 Å². The summed E-state index contributed by atoms with van der Waals surface area (Å²) in [4.78, 5) is 2.29.